The molecule has 7 nitrogen and oxygen atoms in total. The number of furan rings is 1. The van der Waals surface area contributed by atoms with Crippen molar-refractivity contribution in [3.05, 3.63) is 47.9 Å². The first kappa shape index (κ1) is 13.2. The summed E-state index contributed by atoms with van der Waals surface area (Å²) in [4.78, 5) is 18.9. The normalized spacial score (nSPS) is 10.7. The van der Waals surface area contributed by atoms with Gasteiger partial charge in [0.05, 0.1) is 6.33 Å². The van der Waals surface area contributed by atoms with E-state index in [0.717, 1.165) is 11.5 Å². The Kier molecular flexibility index (Phi) is 3.55. The Labute approximate surface area is 120 Å². The third-order valence-electron chi connectivity index (χ3n) is 3.05. The molecule has 108 valence electrons. The molecule has 3 N–H and O–H groups in total. The molecule has 0 atom stereocenters. The summed E-state index contributed by atoms with van der Waals surface area (Å²) in [5.74, 6) is 1.25. The second-order valence-electron chi connectivity index (χ2n) is 4.66. The van der Waals surface area contributed by atoms with Crippen LogP contribution in [0.25, 0.3) is 11.5 Å². The molecule has 0 spiro atoms. The van der Waals surface area contributed by atoms with Gasteiger partial charge in [-0.3, -0.25) is 9.89 Å². The van der Waals surface area contributed by atoms with Gasteiger partial charge in [-0.25, -0.2) is 4.98 Å². The summed E-state index contributed by atoms with van der Waals surface area (Å²) in [6, 6.07) is 5.37. The van der Waals surface area contributed by atoms with Crippen LogP contribution in [0.1, 0.15) is 21.9 Å². The van der Waals surface area contributed by atoms with Crippen molar-refractivity contribution >= 4 is 5.91 Å². The van der Waals surface area contributed by atoms with Crippen molar-refractivity contribution < 1.29 is 9.21 Å². The van der Waals surface area contributed by atoms with E-state index in [-0.39, 0.29) is 5.91 Å². The van der Waals surface area contributed by atoms with Crippen LogP contribution in [0.3, 0.4) is 0 Å². The molecule has 7 heteroatoms. The zero-order valence-corrected chi connectivity index (χ0v) is 11.5. The van der Waals surface area contributed by atoms with Gasteiger partial charge in [-0.2, -0.15) is 5.10 Å². The lowest BCUT2D eigenvalue weighted by molar-refractivity contribution is 0.0949. The largest absolute Gasteiger partial charge is 0.460 e. The van der Waals surface area contributed by atoms with Gasteiger partial charge in [0.25, 0.3) is 5.91 Å². The molecule has 0 aromatic carbocycles. The van der Waals surface area contributed by atoms with Gasteiger partial charge in [-0.1, -0.05) is 0 Å². The highest BCUT2D eigenvalue weighted by atomic mass is 16.3. The Hall–Kier alpha value is -2.83. The number of amides is 1. The molecule has 0 radical (unpaired) electrons. The highest BCUT2D eigenvalue weighted by Crippen LogP contribution is 2.20. The minimum atomic E-state index is -0.222. The second kappa shape index (κ2) is 5.66. The van der Waals surface area contributed by atoms with Gasteiger partial charge >= 0.3 is 0 Å². The van der Waals surface area contributed by atoms with Gasteiger partial charge < -0.3 is 14.7 Å². The van der Waals surface area contributed by atoms with Crippen molar-refractivity contribution in [1.29, 1.82) is 0 Å². The molecule has 3 rings (SSSR count). The Bertz CT molecular complexity index is 726. The third-order valence-corrected chi connectivity index (χ3v) is 3.05. The average Bonchev–Trinajstić information content (AvgIpc) is 3.19. The van der Waals surface area contributed by atoms with E-state index in [0.29, 0.717) is 30.1 Å². The summed E-state index contributed by atoms with van der Waals surface area (Å²) < 4.78 is 5.48. The van der Waals surface area contributed by atoms with Crippen LogP contribution in [0.15, 0.2) is 35.1 Å². The van der Waals surface area contributed by atoms with Crippen molar-refractivity contribution in [1.82, 2.24) is 25.5 Å². The fourth-order valence-electron chi connectivity index (χ4n) is 1.97. The maximum Gasteiger partial charge on any atom is 0.271 e. The molecule has 0 aliphatic rings. The minimum Gasteiger partial charge on any atom is -0.460 e. The van der Waals surface area contributed by atoms with Crippen LogP contribution in [0.5, 0.6) is 0 Å². The lowest BCUT2D eigenvalue weighted by atomic mass is 10.3. The van der Waals surface area contributed by atoms with Gasteiger partial charge in [0.2, 0.25) is 0 Å². The Balaban J connectivity index is 1.59. The molecule has 0 aliphatic heterocycles. The van der Waals surface area contributed by atoms with Crippen LogP contribution in [-0.2, 0) is 6.42 Å². The number of rotatable bonds is 5. The molecule has 3 heterocycles. The molecule has 3 aromatic rings. The van der Waals surface area contributed by atoms with E-state index >= 15 is 0 Å². The molecule has 0 saturated heterocycles. The van der Waals surface area contributed by atoms with Crippen LogP contribution in [0.4, 0.5) is 0 Å². The van der Waals surface area contributed by atoms with E-state index in [2.05, 4.69) is 25.5 Å². The standard InChI is InChI=1S/C14H15N5O2/c1-9-2-3-13(21-9)11-6-12(19-18-11)14(20)16-5-4-10-7-15-8-17-10/h2-3,6-8H,4-5H2,1H3,(H,15,17)(H,16,20)(H,18,19). The van der Waals surface area contributed by atoms with Crippen molar-refractivity contribution in [3.63, 3.8) is 0 Å². The van der Waals surface area contributed by atoms with Gasteiger partial charge in [0.1, 0.15) is 11.5 Å². The topological polar surface area (TPSA) is 99.6 Å². The number of hydrogen-bond donors (Lipinski definition) is 3. The molecule has 3 aromatic heterocycles. The Morgan fingerprint density at radius 2 is 2.33 bits per heavy atom. The molecule has 0 fully saturated rings. The smallest absolute Gasteiger partial charge is 0.271 e. The van der Waals surface area contributed by atoms with Gasteiger partial charge in [-0.05, 0) is 19.1 Å². The lowest BCUT2D eigenvalue weighted by Gasteiger charge is -2.00. The van der Waals surface area contributed by atoms with Crippen molar-refractivity contribution in [2.45, 2.75) is 13.3 Å². The van der Waals surface area contributed by atoms with Crippen LogP contribution in [0.2, 0.25) is 0 Å². The molecular formula is C14H15N5O2. The predicted molar refractivity (Wildman–Crippen MR) is 75.7 cm³/mol. The second-order valence-corrected chi connectivity index (χ2v) is 4.66. The van der Waals surface area contributed by atoms with E-state index in [1.54, 1.807) is 18.6 Å². The van der Waals surface area contributed by atoms with Gasteiger partial charge in [0, 0.05) is 30.9 Å². The number of aromatic nitrogens is 4. The van der Waals surface area contributed by atoms with E-state index < -0.39 is 0 Å². The van der Waals surface area contributed by atoms with E-state index in [1.165, 1.54) is 0 Å². The first-order valence-corrected chi connectivity index (χ1v) is 6.60. The van der Waals surface area contributed by atoms with Crippen molar-refractivity contribution in [3.8, 4) is 11.5 Å². The zero-order valence-electron chi connectivity index (χ0n) is 11.5. The number of carbonyl (C=O) groups is 1. The van der Waals surface area contributed by atoms with Gasteiger partial charge in [-0.15, -0.1) is 0 Å². The van der Waals surface area contributed by atoms with Crippen LogP contribution in [-0.4, -0.2) is 32.6 Å². The summed E-state index contributed by atoms with van der Waals surface area (Å²) in [6.45, 7) is 2.38. The van der Waals surface area contributed by atoms with Crippen molar-refractivity contribution in [2.75, 3.05) is 6.54 Å². The number of aryl methyl sites for hydroxylation is 1. The predicted octanol–water partition coefficient (Wildman–Crippen LogP) is 1.67. The Morgan fingerprint density at radius 1 is 1.43 bits per heavy atom. The number of carbonyl (C=O) groups excluding carboxylic acids is 1. The molecule has 0 unspecified atom stereocenters. The average molecular weight is 285 g/mol. The first-order chi connectivity index (χ1) is 10.2. The summed E-state index contributed by atoms with van der Waals surface area (Å²) in [7, 11) is 0. The van der Waals surface area contributed by atoms with Crippen molar-refractivity contribution in [2.24, 2.45) is 0 Å². The fraction of sp³-hybridized carbons (Fsp3) is 0.214. The van der Waals surface area contributed by atoms with E-state index in [4.69, 9.17) is 4.42 Å². The third kappa shape index (κ3) is 3.02. The zero-order chi connectivity index (χ0) is 14.7. The van der Waals surface area contributed by atoms with Crippen LogP contribution >= 0.6 is 0 Å². The fourth-order valence-corrected chi connectivity index (χ4v) is 1.97. The SMILES string of the molecule is Cc1ccc(-c2cc(C(=O)NCCc3cnc[nH]3)n[nH]2)o1. The lowest BCUT2D eigenvalue weighted by Crippen LogP contribution is -2.26. The summed E-state index contributed by atoms with van der Waals surface area (Å²) in [6.07, 6.45) is 4.04. The minimum absolute atomic E-state index is 0.222. The number of imidazole rings is 1. The molecular weight excluding hydrogens is 270 g/mol. The highest BCUT2D eigenvalue weighted by Gasteiger charge is 2.12. The quantitative estimate of drug-likeness (QED) is 0.664. The molecule has 21 heavy (non-hydrogen) atoms. The summed E-state index contributed by atoms with van der Waals surface area (Å²) in [5, 5.41) is 9.61. The van der Waals surface area contributed by atoms with Crippen LogP contribution in [0, 0.1) is 6.92 Å². The molecule has 0 bridgehead atoms. The molecule has 0 saturated carbocycles. The van der Waals surface area contributed by atoms with E-state index in [1.807, 2.05) is 19.1 Å². The molecule has 1 amide bonds. The number of nitrogens with one attached hydrogen (secondary N) is 3. The Morgan fingerprint density at radius 3 is 3.05 bits per heavy atom. The summed E-state index contributed by atoms with van der Waals surface area (Å²) in [5.41, 5.74) is 1.99. The number of hydrogen-bond acceptors (Lipinski definition) is 4. The maximum absolute atomic E-state index is 12.0. The monoisotopic (exact) mass is 285 g/mol. The summed E-state index contributed by atoms with van der Waals surface area (Å²) >= 11 is 0. The van der Waals surface area contributed by atoms with Gasteiger partial charge in [0.15, 0.2) is 11.5 Å². The molecule has 0 aliphatic carbocycles. The first-order valence-electron chi connectivity index (χ1n) is 6.60. The van der Waals surface area contributed by atoms with Crippen LogP contribution < -0.4 is 5.32 Å². The number of nitrogens with zero attached hydrogens (tertiary/aromatic N) is 2. The number of aromatic amines is 2. The maximum atomic E-state index is 12.0. The number of H-pyrrole nitrogens is 2. The highest BCUT2D eigenvalue weighted by molar-refractivity contribution is 5.93. The van der Waals surface area contributed by atoms with E-state index in [9.17, 15) is 4.79 Å².